The Morgan fingerprint density at radius 1 is 1.11 bits per heavy atom. The molecule has 4 heteroatoms. The van der Waals surface area contributed by atoms with Crippen LogP contribution in [0.4, 0.5) is 0 Å². The first kappa shape index (κ1) is 13.2. The Hall–Kier alpha value is -2.26. The third-order valence-electron chi connectivity index (χ3n) is 2.55. The summed E-state index contributed by atoms with van der Waals surface area (Å²) in [5, 5.41) is 18.8. The molecule has 0 aliphatic rings. The number of carbonyl (C=O) groups excluding carboxylic acids is 1. The van der Waals surface area contributed by atoms with Crippen molar-refractivity contribution in [3.05, 3.63) is 64.7 Å². The standard InChI is InChI=1S/C15H11ClO3/c16-12-8-10(9-14(18)15(12)19)6-7-13(17)11-4-2-1-3-5-11/h1-9,18-19H/b7-6+. The fourth-order valence-corrected chi connectivity index (χ4v) is 1.79. The van der Waals surface area contributed by atoms with Crippen LogP contribution < -0.4 is 0 Å². The van der Waals surface area contributed by atoms with E-state index in [1.54, 1.807) is 24.3 Å². The molecule has 19 heavy (non-hydrogen) atoms. The third-order valence-corrected chi connectivity index (χ3v) is 2.84. The van der Waals surface area contributed by atoms with E-state index in [-0.39, 0.29) is 22.3 Å². The van der Waals surface area contributed by atoms with E-state index in [1.165, 1.54) is 24.3 Å². The largest absolute Gasteiger partial charge is 0.504 e. The molecule has 0 aliphatic carbocycles. The molecule has 3 nitrogen and oxygen atoms in total. The normalized spacial score (nSPS) is 10.8. The van der Waals surface area contributed by atoms with Gasteiger partial charge in [0.2, 0.25) is 0 Å². The Bertz CT molecular complexity index is 610. The minimum absolute atomic E-state index is 0.0341. The quantitative estimate of drug-likeness (QED) is 0.510. The molecular formula is C15H11ClO3. The zero-order valence-corrected chi connectivity index (χ0v) is 10.6. The molecule has 0 spiro atoms. The average Bonchev–Trinajstić information content (AvgIpc) is 2.43. The van der Waals surface area contributed by atoms with Crippen LogP contribution in [0.5, 0.6) is 11.5 Å². The van der Waals surface area contributed by atoms with E-state index in [2.05, 4.69) is 0 Å². The lowest BCUT2D eigenvalue weighted by molar-refractivity contribution is 0.104. The van der Waals surface area contributed by atoms with Gasteiger partial charge in [0.05, 0.1) is 5.02 Å². The molecule has 0 amide bonds. The van der Waals surface area contributed by atoms with E-state index >= 15 is 0 Å². The minimum atomic E-state index is -0.367. The van der Waals surface area contributed by atoms with Gasteiger partial charge in [-0.15, -0.1) is 0 Å². The van der Waals surface area contributed by atoms with Crippen LogP contribution in [-0.4, -0.2) is 16.0 Å². The van der Waals surface area contributed by atoms with Crippen molar-refractivity contribution in [2.75, 3.05) is 0 Å². The van der Waals surface area contributed by atoms with Crippen molar-refractivity contribution in [2.24, 2.45) is 0 Å². The lowest BCUT2D eigenvalue weighted by Gasteiger charge is -2.01. The van der Waals surface area contributed by atoms with E-state index in [9.17, 15) is 15.0 Å². The maximum absolute atomic E-state index is 11.8. The summed E-state index contributed by atoms with van der Waals surface area (Å²) in [4.78, 5) is 11.8. The highest BCUT2D eigenvalue weighted by Gasteiger charge is 2.06. The summed E-state index contributed by atoms with van der Waals surface area (Å²) >= 11 is 5.72. The summed E-state index contributed by atoms with van der Waals surface area (Å²) in [7, 11) is 0. The zero-order valence-electron chi connectivity index (χ0n) is 9.88. The fraction of sp³-hybridized carbons (Fsp3) is 0. The molecule has 2 aromatic carbocycles. The maximum atomic E-state index is 11.8. The number of allylic oxidation sites excluding steroid dienone is 1. The number of benzene rings is 2. The number of ketones is 1. The smallest absolute Gasteiger partial charge is 0.185 e. The first-order chi connectivity index (χ1) is 9.08. The number of carbonyl (C=O) groups is 1. The molecule has 2 N–H and O–H groups in total. The molecule has 0 aromatic heterocycles. The number of halogens is 1. The van der Waals surface area contributed by atoms with Gasteiger partial charge in [-0.05, 0) is 23.8 Å². The molecule has 0 bridgehead atoms. The highest BCUT2D eigenvalue weighted by molar-refractivity contribution is 6.32. The van der Waals surface area contributed by atoms with Gasteiger partial charge in [0.1, 0.15) is 0 Å². The fourth-order valence-electron chi connectivity index (χ4n) is 1.57. The molecule has 96 valence electrons. The second-order valence-electron chi connectivity index (χ2n) is 3.93. The van der Waals surface area contributed by atoms with Crippen molar-refractivity contribution in [3.63, 3.8) is 0 Å². The van der Waals surface area contributed by atoms with Crippen molar-refractivity contribution >= 4 is 23.5 Å². The van der Waals surface area contributed by atoms with Gasteiger partial charge in [0, 0.05) is 5.56 Å². The van der Waals surface area contributed by atoms with Crippen LogP contribution in [0.15, 0.2) is 48.5 Å². The highest BCUT2D eigenvalue weighted by atomic mass is 35.5. The van der Waals surface area contributed by atoms with Crippen LogP contribution in [0.25, 0.3) is 6.08 Å². The third kappa shape index (κ3) is 3.14. The summed E-state index contributed by atoms with van der Waals surface area (Å²) in [5.74, 6) is -0.836. The van der Waals surface area contributed by atoms with E-state index < -0.39 is 0 Å². The molecule has 0 atom stereocenters. The van der Waals surface area contributed by atoms with Gasteiger partial charge in [-0.1, -0.05) is 48.0 Å². The number of phenolic OH excluding ortho intramolecular Hbond substituents is 2. The summed E-state index contributed by atoms with van der Waals surface area (Å²) in [6.45, 7) is 0. The van der Waals surface area contributed by atoms with Gasteiger partial charge in [0.15, 0.2) is 17.3 Å². The number of hydrogen-bond acceptors (Lipinski definition) is 3. The van der Waals surface area contributed by atoms with Crippen LogP contribution in [0.1, 0.15) is 15.9 Å². The van der Waals surface area contributed by atoms with E-state index in [4.69, 9.17) is 11.6 Å². The predicted molar refractivity (Wildman–Crippen MR) is 74.6 cm³/mol. The van der Waals surface area contributed by atoms with Gasteiger partial charge in [-0.25, -0.2) is 0 Å². The predicted octanol–water partition coefficient (Wildman–Crippen LogP) is 3.65. The molecule has 0 fully saturated rings. The number of rotatable bonds is 3. The first-order valence-corrected chi connectivity index (χ1v) is 5.94. The molecule has 2 rings (SSSR count). The Balaban J connectivity index is 2.22. The molecule has 0 heterocycles. The molecule has 0 aliphatic heterocycles. The van der Waals surface area contributed by atoms with Crippen LogP contribution in [0.3, 0.4) is 0 Å². The van der Waals surface area contributed by atoms with Gasteiger partial charge in [0.25, 0.3) is 0 Å². The first-order valence-electron chi connectivity index (χ1n) is 5.57. The van der Waals surface area contributed by atoms with Crippen molar-refractivity contribution in [3.8, 4) is 11.5 Å². The van der Waals surface area contributed by atoms with Gasteiger partial charge < -0.3 is 10.2 Å². The summed E-state index contributed by atoms with van der Waals surface area (Å²) in [6.07, 6.45) is 2.91. The number of hydrogen-bond donors (Lipinski definition) is 2. The van der Waals surface area contributed by atoms with E-state index in [1.807, 2.05) is 6.07 Å². The molecular weight excluding hydrogens is 264 g/mol. The van der Waals surface area contributed by atoms with Crippen LogP contribution in [-0.2, 0) is 0 Å². The van der Waals surface area contributed by atoms with Crippen molar-refractivity contribution in [2.45, 2.75) is 0 Å². The molecule has 0 radical (unpaired) electrons. The van der Waals surface area contributed by atoms with Gasteiger partial charge >= 0.3 is 0 Å². The Kier molecular flexibility index (Phi) is 3.88. The number of phenols is 2. The highest BCUT2D eigenvalue weighted by Crippen LogP contribution is 2.34. The van der Waals surface area contributed by atoms with E-state index in [0.717, 1.165) is 0 Å². The Morgan fingerprint density at radius 2 is 1.79 bits per heavy atom. The maximum Gasteiger partial charge on any atom is 0.185 e. The lowest BCUT2D eigenvalue weighted by Crippen LogP contribution is -1.92. The number of aromatic hydroxyl groups is 2. The molecule has 0 unspecified atom stereocenters. The summed E-state index contributed by atoms with van der Waals surface area (Å²) in [5.41, 5.74) is 1.11. The second-order valence-corrected chi connectivity index (χ2v) is 4.34. The Morgan fingerprint density at radius 3 is 2.42 bits per heavy atom. The topological polar surface area (TPSA) is 57.5 Å². The molecule has 0 saturated heterocycles. The van der Waals surface area contributed by atoms with Gasteiger partial charge in [-0.3, -0.25) is 4.79 Å². The van der Waals surface area contributed by atoms with Crippen LogP contribution >= 0.6 is 11.6 Å². The summed E-state index contributed by atoms with van der Waals surface area (Å²) in [6, 6.07) is 11.6. The SMILES string of the molecule is O=C(/C=C/c1cc(O)c(O)c(Cl)c1)c1ccccc1. The van der Waals surface area contributed by atoms with Crippen molar-refractivity contribution < 1.29 is 15.0 Å². The minimum Gasteiger partial charge on any atom is -0.504 e. The van der Waals surface area contributed by atoms with Crippen LogP contribution in [0.2, 0.25) is 5.02 Å². The Labute approximate surface area is 115 Å². The lowest BCUT2D eigenvalue weighted by atomic mass is 10.1. The van der Waals surface area contributed by atoms with Crippen molar-refractivity contribution in [1.82, 2.24) is 0 Å². The van der Waals surface area contributed by atoms with Crippen molar-refractivity contribution in [1.29, 1.82) is 0 Å². The monoisotopic (exact) mass is 274 g/mol. The average molecular weight is 275 g/mol. The van der Waals surface area contributed by atoms with Crippen LogP contribution in [0, 0.1) is 0 Å². The zero-order chi connectivity index (χ0) is 13.8. The van der Waals surface area contributed by atoms with Gasteiger partial charge in [-0.2, -0.15) is 0 Å². The second kappa shape index (κ2) is 5.59. The molecule has 0 saturated carbocycles. The summed E-state index contributed by atoms with van der Waals surface area (Å²) < 4.78 is 0. The molecule has 2 aromatic rings. The van der Waals surface area contributed by atoms with E-state index in [0.29, 0.717) is 11.1 Å².